The van der Waals surface area contributed by atoms with E-state index in [1.54, 1.807) is 6.07 Å². The zero-order valence-corrected chi connectivity index (χ0v) is 18.5. The largest absolute Gasteiger partial charge is 0.366 e. The van der Waals surface area contributed by atoms with Crippen molar-refractivity contribution in [1.82, 2.24) is 14.9 Å². The molecule has 33 heavy (non-hydrogen) atoms. The number of rotatable bonds is 7. The Balaban J connectivity index is 1.23. The maximum absolute atomic E-state index is 11.5. The number of amides is 1. The summed E-state index contributed by atoms with van der Waals surface area (Å²) in [6.07, 6.45) is 11.7. The van der Waals surface area contributed by atoms with Gasteiger partial charge >= 0.3 is 0 Å². The van der Waals surface area contributed by atoms with E-state index in [4.69, 9.17) is 11.0 Å². The summed E-state index contributed by atoms with van der Waals surface area (Å²) in [5.41, 5.74) is 11.4. The average Bonchev–Trinajstić information content (AvgIpc) is 3.45. The van der Waals surface area contributed by atoms with E-state index < -0.39 is 5.91 Å². The zero-order valence-electron chi connectivity index (χ0n) is 18.5. The number of aromatic nitrogens is 2. The molecule has 0 bridgehead atoms. The van der Waals surface area contributed by atoms with Crippen LogP contribution in [-0.2, 0) is 6.42 Å². The van der Waals surface area contributed by atoms with Crippen molar-refractivity contribution in [3.8, 4) is 6.07 Å². The number of carbonyl (C=O) groups is 1. The lowest BCUT2D eigenvalue weighted by Crippen LogP contribution is -2.32. The number of benzene rings is 2. The number of H-pyrrole nitrogens is 1. The van der Waals surface area contributed by atoms with Crippen molar-refractivity contribution in [2.24, 2.45) is 5.73 Å². The molecule has 1 unspecified atom stereocenters. The maximum atomic E-state index is 11.5. The van der Waals surface area contributed by atoms with E-state index in [9.17, 15) is 4.79 Å². The molecule has 6 nitrogen and oxygen atoms in total. The van der Waals surface area contributed by atoms with E-state index in [0.717, 1.165) is 60.5 Å². The monoisotopic (exact) mass is 437 g/mol. The Morgan fingerprint density at radius 2 is 2.09 bits per heavy atom. The fraction of sp³-hybridized carbons (Fsp3) is 0.259. The Morgan fingerprint density at radius 1 is 1.18 bits per heavy atom. The van der Waals surface area contributed by atoms with Gasteiger partial charge in [-0.2, -0.15) is 5.26 Å². The van der Waals surface area contributed by atoms with Crippen LogP contribution < -0.4 is 11.1 Å². The standard InChI is InChI=1S/C27H27N5O/c28-16-18-5-8-26-19(13-18)10-12-32(26)23-9-11-30-22(15-23)4-2-1-3-21-17-31-25-7-6-20(27(29)33)14-24(21)25/h5-8,10,12-15,17,22,30-31H,1-4,9,11H2,(H2,29,33). The molecule has 0 radical (unpaired) electrons. The molecule has 3 heterocycles. The summed E-state index contributed by atoms with van der Waals surface area (Å²) >= 11 is 0. The van der Waals surface area contributed by atoms with E-state index in [2.05, 4.69) is 39.3 Å². The van der Waals surface area contributed by atoms with Gasteiger partial charge in [0.1, 0.15) is 0 Å². The van der Waals surface area contributed by atoms with E-state index in [1.807, 2.05) is 36.5 Å². The number of aromatic amines is 1. The predicted octanol–water partition coefficient (Wildman–Crippen LogP) is 4.71. The highest BCUT2D eigenvalue weighted by molar-refractivity contribution is 5.97. The smallest absolute Gasteiger partial charge is 0.248 e. The molecule has 2 aromatic heterocycles. The summed E-state index contributed by atoms with van der Waals surface area (Å²) in [6.45, 7) is 0.963. The zero-order chi connectivity index (χ0) is 22.8. The van der Waals surface area contributed by atoms with Crippen molar-refractivity contribution in [3.63, 3.8) is 0 Å². The lowest BCUT2D eigenvalue weighted by Gasteiger charge is -2.24. The SMILES string of the molecule is N#Cc1ccc2c(ccn2C2=CC(CCCCc3c[nH]c4ccc(C(N)=O)cc34)NCC2)c1. The van der Waals surface area contributed by atoms with Gasteiger partial charge in [0.2, 0.25) is 5.91 Å². The molecule has 6 heteroatoms. The summed E-state index contributed by atoms with van der Waals surface area (Å²) in [7, 11) is 0. The maximum Gasteiger partial charge on any atom is 0.248 e. The molecule has 0 saturated carbocycles. The Labute approximate surface area is 192 Å². The van der Waals surface area contributed by atoms with Crippen molar-refractivity contribution in [2.75, 3.05) is 6.54 Å². The number of fused-ring (bicyclic) bond motifs is 2. The van der Waals surface area contributed by atoms with Gasteiger partial charge in [0, 0.05) is 59.0 Å². The molecule has 0 saturated heterocycles. The Kier molecular flexibility index (Phi) is 5.72. The van der Waals surface area contributed by atoms with Gasteiger partial charge in [-0.25, -0.2) is 0 Å². The second kappa shape index (κ2) is 8.97. The molecule has 1 aliphatic rings. The molecule has 166 valence electrons. The van der Waals surface area contributed by atoms with E-state index in [1.165, 1.54) is 11.3 Å². The molecule has 0 fully saturated rings. The summed E-state index contributed by atoms with van der Waals surface area (Å²) < 4.78 is 2.26. The topological polar surface area (TPSA) is 99.6 Å². The lowest BCUT2D eigenvalue weighted by atomic mass is 10.0. The first-order chi connectivity index (χ1) is 16.1. The lowest BCUT2D eigenvalue weighted by molar-refractivity contribution is 0.100. The van der Waals surface area contributed by atoms with Gasteiger partial charge in [-0.1, -0.05) is 6.42 Å². The minimum Gasteiger partial charge on any atom is -0.366 e. The van der Waals surface area contributed by atoms with E-state index >= 15 is 0 Å². The number of aryl methyl sites for hydroxylation is 1. The number of nitrogens with zero attached hydrogens (tertiary/aromatic N) is 2. The number of unbranched alkanes of at least 4 members (excludes halogenated alkanes) is 1. The van der Waals surface area contributed by atoms with E-state index in [-0.39, 0.29) is 0 Å². The molecule has 1 atom stereocenters. The Hall–Kier alpha value is -3.82. The third-order valence-electron chi connectivity index (χ3n) is 6.57. The van der Waals surface area contributed by atoms with Gasteiger partial charge in [-0.3, -0.25) is 4.79 Å². The van der Waals surface area contributed by atoms with Gasteiger partial charge in [0.25, 0.3) is 0 Å². The normalized spacial score (nSPS) is 16.1. The number of hydrogen-bond donors (Lipinski definition) is 3. The fourth-order valence-electron chi connectivity index (χ4n) is 4.83. The third kappa shape index (κ3) is 4.28. The van der Waals surface area contributed by atoms with E-state index in [0.29, 0.717) is 17.2 Å². The number of hydrogen-bond acceptors (Lipinski definition) is 3. The fourth-order valence-corrected chi connectivity index (χ4v) is 4.83. The van der Waals surface area contributed by atoms with Crippen LogP contribution in [0.3, 0.4) is 0 Å². The minimum absolute atomic E-state index is 0.356. The van der Waals surface area contributed by atoms with Crippen LogP contribution in [0.15, 0.2) is 60.9 Å². The third-order valence-corrected chi connectivity index (χ3v) is 6.57. The summed E-state index contributed by atoms with van der Waals surface area (Å²) in [5.74, 6) is -0.393. The van der Waals surface area contributed by atoms with Crippen LogP contribution >= 0.6 is 0 Å². The van der Waals surface area contributed by atoms with Crippen LogP contribution in [-0.4, -0.2) is 28.0 Å². The molecule has 4 N–H and O–H groups in total. The summed E-state index contributed by atoms with van der Waals surface area (Å²) in [6, 6.07) is 16.1. The molecule has 0 spiro atoms. The molecule has 2 aromatic carbocycles. The quantitative estimate of drug-likeness (QED) is 0.365. The van der Waals surface area contributed by atoms with Gasteiger partial charge in [0.15, 0.2) is 0 Å². The minimum atomic E-state index is -0.393. The van der Waals surface area contributed by atoms with Crippen molar-refractivity contribution < 1.29 is 4.79 Å². The Bertz CT molecular complexity index is 1400. The van der Waals surface area contributed by atoms with Gasteiger partial charge < -0.3 is 20.6 Å². The molecule has 1 amide bonds. The predicted molar refractivity (Wildman–Crippen MR) is 132 cm³/mol. The summed E-state index contributed by atoms with van der Waals surface area (Å²) in [5, 5.41) is 15.0. The molecule has 4 aromatic rings. The Morgan fingerprint density at radius 3 is 2.94 bits per heavy atom. The number of primary amides is 1. The van der Waals surface area contributed by atoms with Crippen LogP contribution in [0.25, 0.3) is 27.5 Å². The van der Waals surface area contributed by atoms with Crippen molar-refractivity contribution in [2.45, 2.75) is 38.1 Å². The van der Waals surface area contributed by atoms with Gasteiger partial charge in [-0.15, -0.1) is 0 Å². The van der Waals surface area contributed by atoms with Crippen LogP contribution in [0, 0.1) is 11.3 Å². The van der Waals surface area contributed by atoms with Gasteiger partial charge in [-0.05, 0) is 73.4 Å². The van der Waals surface area contributed by atoms with Crippen LogP contribution in [0.5, 0.6) is 0 Å². The van der Waals surface area contributed by atoms with Crippen molar-refractivity contribution in [1.29, 1.82) is 5.26 Å². The number of nitrogens with one attached hydrogen (secondary N) is 2. The van der Waals surface area contributed by atoms with Crippen LogP contribution in [0.1, 0.15) is 47.2 Å². The molecular formula is C27H27N5O. The molecule has 5 rings (SSSR count). The molecular weight excluding hydrogens is 410 g/mol. The average molecular weight is 438 g/mol. The summed E-state index contributed by atoms with van der Waals surface area (Å²) in [4.78, 5) is 14.8. The first kappa shape index (κ1) is 21.0. The second-order valence-electron chi connectivity index (χ2n) is 8.72. The first-order valence-electron chi connectivity index (χ1n) is 11.5. The van der Waals surface area contributed by atoms with Gasteiger partial charge in [0.05, 0.1) is 17.1 Å². The van der Waals surface area contributed by atoms with Crippen molar-refractivity contribution in [3.05, 3.63) is 77.6 Å². The molecule has 1 aliphatic heterocycles. The van der Waals surface area contributed by atoms with Crippen LogP contribution in [0.2, 0.25) is 0 Å². The first-order valence-corrected chi connectivity index (χ1v) is 11.5. The van der Waals surface area contributed by atoms with Crippen LogP contribution in [0.4, 0.5) is 0 Å². The number of carbonyl (C=O) groups excluding carboxylic acids is 1. The number of nitrogens with two attached hydrogens (primary N) is 1. The highest BCUT2D eigenvalue weighted by Gasteiger charge is 2.15. The molecule has 0 aliphatic carbocycles. The highest BCUT2D eigenvalue weighted by Crippen LogP contribution is 2.26. The second-order valence-corrected chi connectivity index (χ2v) is 8.72. The van der Waals surface area contributed by atoms with Crippen molar-refractivity contribution >= 4 is 33.4 Å². The number of nitriles is 1. The highest BCUT2D eigenvalue weighted by atomic mass is 16.1.